The average Bonchev–Trinajstić information content (AvgIpc) is 2.65. The van der Waals surface area contributed by atoms with E-state index in [-0.39, 0.29) is 10.6 Å². The van der Waals surface area contributed by atoms with Gasteiger partial charge in [-0.15, -0.1) is 0 Å². The van der Waals surface area contributed by atoms with Crippen LogP contribution < -0.4 is 20.1 Å². The number of halogens is 1. The first-order valence-corrected chi connectivity index (χ1v) is 8.06. The van der Waals surface area contributed by atoms with Crippen molar-refractivity contribution in [2.75, 3.05) is 26.1 Å². The van der Waals surface area contributed by atoms with Crippen LogP contribution in [0, 0.1) is 0 Å². The zero-order chi connectivity index (χ0) is 20.0. The molecular formula is C18H17ClN2O6. The van der Waals surface area contributed by atoms with E-state index in [2.05, 4.69) is 10.6 Å². The molecule has 0 aromatic heterocycles. The smallest absolute Gasteiger partial charge is 0.322 e. The maximum Gasteiger partial charge on any atom is 0.322 e. The van der Waals surface area contributed by atoms with Gasteiger partial charge in [0.25, 0.3) is 11.8 Å². The van der Waals surface area contributed by atoms with Crippen LogP contribution in [0.3, 0.4) is 0 Å². The Kier molecular flexibility index (Phi) is 6.62. The van der Waals surface area contributed by atoms with E-state index in [1.54, 1.807) is 12.1 Å². The summed E-state index contributed by atoms with van der Waals surface area (Å²) >= 11 is 6.06. The topological polar surface area (TPSA) is 114 Å². The molecule has 0 saturated heterocycles. The summed E-state index contributed by atoms with van der Waals surface area (Å²) in [6.45, 7) is -0.521. The Morgan fingerprint density at radius 1 is 1.00 bits per heavy atom. The molecule has 0 aliphatic carbocycles. The van der Waals surface area contributed by atoms with Crippen LogP contribution in [0.2, 0.25) is 5.02 Å². The number of aliphatic carboxylic acids is 1. The first-order chi connectivity index (χ1) is 12.8. The Bertz CT molecular complexity index is 884. The van der Waals surface area contributed by atoms with Crippen LogP contribution in [0.25, 0.3) is 0 Å². The molecular weight excluding hydrogens is 376 g/mol. The largest absolute Gasteiger partial charge is 0.493 e. The molecule has 2 rings (SSSR count). The van der Waals surface area contributed by atoms with Crippen molar-refractivity contribution >= 4 is 35.1 Å². The number of anilines is 1. The number of amides is 2. The monoisotopic (exact) mass is 392 g/mol. The predicted octanol–water partition coefficient (Wildman–Crippen LogP) is 2.42. The van der Waals surface area contributed by atoms with E-state index in [9.17, 15) is 14.4 Å². The summed E-state index contributed by atoms with van der Waals surface area (Å²) in [4.78, 5) is 34.8. The average molecular weight is 393 g/mol. The van der Waals surface area contributed by atoms with Gasteiger partial charge in [0.2, 0.25) is 0 Å². The van der Waals surface area contributed by atoms with E-state index in [1.807, 2.05) is 0 Å². The lowest BCUT2D eigenvalue weighted by molar-refractivity contribution is -0.135. The highest BCUT2D eigenvalue weighted by atomic mass is 35.5. The molecule has 0 unspecified atom stereocenters. The summed E-state index contributed by atoms with van der Waals surface area (Å²) in [5.74, 6) is -1.30. The third-order valence-corrected chi connectivity index (χ3v) is 3.83. The van der Waals surface area contributed by atoms with Gasteiger partial charge >= 0.3 is 5.97 Å². The van der Waals surface area contributed by atoms with Gasteiger partial charge in [0.05, 0.1) is 24.8 Å². The van der Waals surface area contributed by atoms with Crippen molar-refractivity contribution in [1.29, 1.82) is 0 Å². The molecule has 2 aromatic carbocycles. The third kappa shape index (κ3) is 5.11. The van der Waals surface area contributed by atoms with E-state index in [1.165, 1.54) is 38.5 Å². The highest BCUT2D eigenvalue weighted by molar-refractivity contribution is 6.34. The molecule has 0 heterocycles. The molecule has 2 amide bonds. The lowest BCUT2D eigenvalue weighted by atomic mass is 10.1. The molecule has 0 atom stereocenters. The van der Waals surface area contributed by atoms with Crippen molar-refractivity contribution < 1.29 is 29.0 Å². The van der Waals surface area contributed by atoms with E-state index in [0.29, 0.717) is 22.7 Å². The van der Waals surface area contributed by atoms with Gasteiger partial charge in [0.1, 0.15) is 6.54 Å². The fourth-order valence-electron chi connectivity index (χ4n) is 2.21. The maximum atomic E-state index is 12.4. The summed E-state index contributed by atoms with van der Waals surface area (Å²) in [7, 11) is 2.96. The normalized spacial score (nSPS) is 10.0. The summed E-state index contributed by atoms with van der Waals surface area (Å²) in [6.07, 6.45) is 0. The molecule has 2 aromatic rings. The first kappa shape index (κ1) is 20.1. The van der Waals surface area contributed by atoms with Crippen molar-refractivity contribution in [1.82, 2.24) is 5.32 Å². The van der Waals surface area contributed by atoms with Crippen LogP contribution in [0.5, 0.6) is 11.5 Å². The SMILES string of the molecule is COc1ccc(C(=O)Nc2ccc(C(=O)NCC(=O)O)c(Cl)c2)cc1OC. The minimum atomic E-state index is -1.17. The van der Waals surface area contributed by atoms with Gasteiger partial charge in [-0.3, -0.25) is 14.4 Å². The molecule has 3 N–H and O–H groups in total. The van der Waals surface area contributed by atoms with Gasteiger partial charge in [-0.2, -0.15) is 0 Å². The van der Waals surface area contributed by atoms with Crippen molar-refractivity contribution in [3.05, 3.63) is 52.5 Å². The van der Waals surface area contributed by atoms with Crippen LogP contribution in [-0.2, 0) is 4.79 Å². The van der Waals surface area contributed by atoms with E-state index in [4.69, 9.17) is 26.2 Å². The Hall–Kier alpha value is -3.26. The Morgan fingerprint density at radius 3 is 2.30 bits per heavy atom. The first-order valence-electron chi connectivity index (χ1n) is 7.68. The molecule has 27 heavy (non-hydrogen) atoms. The molecule has 0 bridgehead atoms. The van der Waals surface area contributed by atoms with Crippen LogP contribution >= 0.6 is 11.6 Å². The van der Waals surface area contributed by atoms with Crippen LogP contribution in [-0.4, -0.2) is 43.7 Å². The van der Waals surface area contributed by atoms with Gasteiger partial charge in [0.15, 0.2) is 11.5 Å². The van der Waals surface area contributed by atoms with Gasteiger partial charge in [0, 0.05) is 11.3 Å². The van der Waals surface area contributed by atoms with Gasteiger partial charge < -0.3 is 25.2 Å². The predicted molar refractivity (Wildman–Crippen MR) is 98.9 cm³/mol. The van der Waals surface area contributed by atoms with Crippen molar-refractivity contribution in [3.8, 4) is 11.5 Å². The molecule has 0 spiro atoms. The number of carboxylic acid groups (broad SMARTS) is 1. The van der Waals surface area contributed by atoms with Gasteiger partial charge in [-0.1, -0.05) is 11.6 Å². The van der Waals surface area contributed by atoms with E-state index >= 15 is 0 Å². The second-order valence-electron chi connectivity index (χ2n) is 5.29. The highest BCUT2D eigenvalue weighted by Gasteiger charge is 2.14. The van der Waals surface area contributed by atoms with Crippen LogP contribution in [0.1, 0.15) is 20.7 Å². The molecule has 0 saturated carbocycles. The number of carboxylic acids is 1. The molecule has 142 valence electrons. The quantitative estimate of drug-likeness (QED) is 0.666. The fourth-order valence-corrected chi connectivity index (χ4v) is 2.48. The molecule has 0 radical (unpaired) electrons. The lowest BCUT2D eigenvalue weighted by Gasteiger charge is -2.11. The number of ether oxygens (including phenoxy) is 2. The minimum Gasteiger partial charge on any atom is -0.493 e. The summed E-state index contributed by atoms with van der Waals surface area (Å²) < 4.78 is 10.3. The number of nitrogens with one attached hydrogen (secondary N) is 2. The summed E-state index contributed by atoms with van der Waals surface area (Å²) in [6, 6.07) is 8.99. The summed E-state index contributed by atoms with van der Waals surface area (Å²) in [5, 5.41) is 13.5. The second-order valence-corrected chi connectivity index (χ2v) is 5.70. The molecule has 0 aliphatic heterocycles. The van der Waals surface area contributed by atoms with E-state index < -0.39 is 24.3 Å². The molecule has 8 nitrogen and oxygen atoms in total. The number of hydrogen-bond acceptors (Lipinski definition) is 5. The zero-order valence-corrected chi connectivity index (χ0v) is 15.3. The summed E-state index contributed by atoms with van der Waals surface area (Å²) in [5.41, 5.74) is 0.809. The third-order valence-electron chi connectivity index (χ3n) is 3.52. The number of carbonyl (C=O) groups excluding carboxylic acids is 2. The zero-order valence-electron chi connectivity index (χ0n) is 14.5. The van der Waals surface area contributed by atoms with Crippen molar-refractivity contribution in [2.24, 2.45) is 0 Å². The Balaban J connectivity index is 2.13. The maximum absolute atomic E-state index is 12.4. The van der Waals surface area contributed by atoms with Gasteiger partial charge in [-0.05, 0) is 36.4 Å². The lowest BCUT2D eigenvalue weighted by Crippen LogP contribution is -2.29. The van der Waals surface area contributed by atoms with E-state index in [0.717, 1.165) is 0 Å². The Labute approximate surface area is 160 Å². The molecule has 9 heteroatoms. The van der Waals surface area contributed by atoms with Crippen molar-refractivity contribution in [3.63, 3.8) is 0 Å². The second kappa shape index (κ2) is 8.91. The number of hydrogen-bond donors (Lipinski definition) is 3. The highest BCUT2D eigenvalue weighted by Crippen LogP contribution is 2.28. The van der Waals surface area contributed by atoms with Crippen LogP contribution in [0.4, 0.5) is 5.69 Å². The number of benzene rings is 2. The standard InChI is InChI=1S/C18H17ClN2O6/c1-26-14-6-3-10(7-15(14)27-2)17(24)21-11-4-5-12(13(19)8-11)18(25)20-9-16(22)23/h3-8H,9H2,1-2H3,(H,20,25)(H,21,24)(H,22,23). The number of rotatable bonds is 7. The minimum absolute atomic E-state index is 0.0722. The number of carbonyl (C=O) groups is 3. The molecule has 0 aliphatic rings. The van der Waals surface area contributed by atoms with Gasteiger partial charge in [-0.25, -0.2) is 0 Å². The number of methoxy groups -OCH3 is 2. The fraction of sp³-hybridized carbons (Fsp3) is 0.167. The Morgan fingerprint density at radius 2 is 1.70 bits per heavy atom. The van der Waals surface area contributed by atoms with Crippen LogP contribution in [0.15, 0.2) is 36.4 Å². The van der Waals surface area contributed by atoms with Crippen molar-refractivity contribution in [2.45, 2.75) is 0 Å². The molecule has 0 fully saturated rings.